The summed E-state index contributed by atoms with van der Waals surface area (Å²) in [6, 6.07) is 8.63. The molecule has 0 atom stereocenters. The van der Waals surface area contributed by atoms with Crippen molar-refractivity contribution in [2.24, 2.45) is 5.92 Å². The van der Waals surface area contributed by atoms with Crippen molar-refractivity contribution in [2.75, 3.05) is 13.2 Å². The molecule has 0 amide bonds. The topological polar surface area (TPSA) is 18.5 Å². The van der Waals surface area contributed by atoms with Crippen LogP contribution in [-0.4, -0.2) is 19.5 Å². The highest BCUT2D eigenvalue weighted by molar-refractivity contribution is 5.22. The van der Waals surface area contributed by atoms with Gasteiger partial charge in [0.1, 0.15) is 0 Å². The van der Waals surface area contributed by atoms with Crippen LogP contribution in [0, 0.1) is 5.92 Å². The fourth-order valence-corrected chi connectivity index (χ4v) is 2.51. The number of hydrogen-bond acceptors (Lipinski definition) is 2. The van der Waals surface area contributed by atoms with Gasteiger partial charge in [0.05, 0.1) is 13.2 Å². The molecule has 0 aliphatic carbocycles. The first-order chi connectivity index (χ1) is 10.1. The minimum Gasteiger partial charge on any atom is -0.295 e. The normalized spacial score (nSPS) is 18.8. The van der Waals surface area contributed by atoms with Crippen molar-refractivity contribution in [1.82, 2.24) is 0 Å². The zero-order valence-electron chi connectivity index (χ0n) is 12.6. The molecule has 0 bridgehead atoms. The number of aryl methyl sites for hydroxylation is 2. The SMILES string of the molecule is CCCCCc1ccc(CCC2COC(F)(F)OC2)cc1. The largest absolute Gasteiger partial charge is 0.485 e. The number of benzene rings is 1. The second-order valence-electron chi connectivity index (χ2n) is 5.76. The van der Waals surface area contributed by atoms with Crippen LogP contribution in [0.5, 0.6) is 0 Å². The molecule has 1 aromatic carbocycles. The van der Waals surface area contributed by atoms with Crippen LogP contribution in [0.4, 0.5) is 8.78 Å². The number of alkyl halides is 2. The molecule has 1 aliphatic rings. The lowest BCUT2D eigenvalue weighted by Crippen LogP contribution is -2.37. The van der Waals surface area contributed by atoms with E-state index in [0.29, 0.717) is 0 Å². The van der Waals surface area contributed by atoms with Gasteiger partial charge in [-0.1, -0.05) is 44.0 Å². The van der Waals surface area contributed by atoms with E-state index in [9.17, 15) is 8.78 Å². The van der Waals surface area contributed by atoms with Crippen molar-refractivity contribution in [3.05, 3.63) is 35.4 Å². The van der Waals surface area contributed by atoms with Gasteiger partial charge < -0.3 is 0 Å². The standard InChI is InChI=1S/C17H24F2O2/c1-2-3-4-5-14-6-8-15(9-7-14)10-11-16-12-20-17(18,19)21-13-16/h6-9,16H,2-5,10-13H2,1H3. The van der Waals surface area contributed by atoms with Crippen molar-refractivity contribution in [3.8, 4) is 0 Å². The quantitative estimate of drug-likeness (QED) is 0.687. The summed E-state index contributed by atoms with van der Waals surface area (Å²) in [6.45, 7) is 2.35. The van der Waals surface area contributed by atoms with Crippen molar-refractivity contribution < 1.29 is 18.3 Å². The predicted octanol–water partition coefficient (Wildman–Crippen LogP) is 4.57. The minimum absolute atomic E-state index is 0.0499. The lowest BCUT2D eigenvalue weighted by Gasteiger charge is -2.28. The Balaban J connectivity index is 1.71. The van der Waals surface area contributed by atoms with Gasteiger partial charge in [-0.05, 0) is 36.8 Å². The third-order valence-electron chi connectivity index (χ3n) is 3.91. The van der Waals surface area contributed by atoms with Crippen LogP contribution in [0.25, 0.3) is 0 Å². The molecule has 0 spiro atoms. The Morgan fingerprint density at radius 1 is 1.00 bits per heavy atom. The molecule has 2 rings (SSSR count). The Bertz CT molecular complexity index is 407. The molecule has 0 radical (unpaired) electrons. The molecule has 2 nitrogen and oxygen atoms in total. The average molecular weight is 298 g/mol. The molecule has 0 unspecified atom stereocenters. The Labute approximate surface area is 125 Å². The molecule has 118 valence electrons. The third-order valence-corrected chi connectivity index (χ3v) is 3.91. The molecule has 0 aromatic heterocycles. The Kier molecular flexibility index (Phi) is 6.12. The second-order valence-corrected chi connectivity index (χ2v) is 5.76. The highest BCUT2D eigenvalue weighted by Gasteiger charge is 2.37. The van der Waals surface area contributed by atoms with Gasteiger partial charge in [0.15, 0.2) is 0 Å². The second kappa shape index (κ2) is 7.85. The molecular formula is C17H24F2O2. The number of rotatable bonds is 7. The van der Waals surface area contributed by atoms with Crippen LogP contribution >= 0.6 is 0 Å². The average Bonchev–Trinajstić information content (AvgIpc) is 2.48. The lowest BCUT2D eigenvalue weighted by molar-refractivity contribution is -0.420. The van der Waals surface area contributed by atoms with Crippen LogP contribution in [0.3, 0.4) is 0 Å². The lowest BCUT2D eigenvalue weighted by atomic mass is 9.98. The Hall–Kier alpha value is -1.00. The molecule has 1 heterocycles. The van der Waals surface area contributed by atoms with Crippen LogP contribution < -0.4 is 0 Å². The van der Waals surface area contributed by atoms with Gasteiger partial charge in [0, 0.05) is 5.92 Å². The molecule has 1 saturated heterocycles. The van der Waals surface area contributed by atoms with E-state index in [4.69, 9.17) is 0 Å². The minimum atomic E-state index is -3.39. The van der Waals surface area contributed by atoms with E-state index in [0.717, 1.165) is 19.3 Å². The maximum atomic E-state index is 12.7. The summed E-state index contributed by atoms with van der Waals surface area (Å²) in [5, 5.41) is 0. The summed E-state index contributed by atoms with van der Waals surface area (Å²) < 4.78 is 34.1. The van der Waals surface area contributed by atoms with Gasteiger partial charge in [0.25, 0.3) is 0 Å². The predicted molar refractivity (Wildman–Crippen MR) is 78.3 cm³/mol. The van der Waals surface area contributed by atoms with Gasteiger partial charge >= 0.3 is 6.29 Å². The Morgan fingerprint density at radius 2 is 1.57 bits per heavy atom. The summed E-state index contributed by atoms with van der Waals surface area (Å²) >= 11 is 0. The highest BCUT2D eigenvalue weighted by Crippen LogP contribution is 2.26. The molecular weight excluding hydrogens is 274 g/mol. The van der Waals surface area contributed by atoms with E-state index in [1.807, 2.05) is 0 Å². The van der Waals surface area contributed by atoms with E-state index in [1.54, 1.807) is 0 Å². The maximum Gasteiger partial charge on any atom is 0.485 e. The van der Waals surface area contributed by atoms with Crippen LogP contribution in [-0.2, 0) is 22.3 Å². The van der Waals surface area contributed by atoms with Crippen LogP contribution in [0.2, 0.25) is 0 Å². The van der Waals surface area contributed by atoms with Gasteiger partial charge in [-0.2, -0.15) is 0 Å². The zero-order chi connectivity index (χ0) is 15.1. The van der Waals surface area contributed by atoms with E-state index < -0.39 is 6.29 Å². The summed E-state index contributed by atoms with van der Waals surface area (Å²) in [7, 11) is 0. The number of ether oxygens (including phenoxy) is 2. The fourth-order valence-electron chi connectivity index (χ4n) is 2.51. The van der Waals surface area contributed by atoms with Crippen molar-refractivity contribution >= 4 is 0 Å². The molecule has 1 aromatic rings. The van der Waals surface area contributed by atoms with Crippen LogP contribution in [0.15, 0.2) is 24.3 Å². The first-order valence-corrected chi connectivity index (χ1v) is 7.82. The summed E-state index contributed by atoms with van der Waals surface area (Å²) in [5.74, 6) is 0.0499. The third kappa shape index (κ3) is 5.71. The fraction of sp³-hybridized carbons (Fsp3) is 0.647. The molecule has 0 saturated carbocycles. The van der Waals surface area contributed by atoms with E-state index in [1.165, 1.54) is 30.4 Å². The summed E-state index contributed by atoms with van der Waals surface area (Å²) in [5.41, 5.74) is 2.61. The Morgan fingerprint density at radius 3 is 2.14 bits per heavy atom. The molecule has 0 N–H and O–H groups in total. The first kappa shape index (κ1) is 16.4. The zero-order valence-corrected chi connectivity index (χ0v) is 12.6. The molecule has 4 heteroatoms. The van der Waals surface area contributed by atoms with Crippen molar-refractivity contribution in [3.63, 3.8) is 0 Å². The van der Waals surface area contributed by atoms with E-state index in [2.05, 4.69) is 40.7 Å². The number of unbranched alkanes of at least 4 members (excludes halogenated alkanes) is 2. The van der Waals surface area contributed by atoms with Crippen LogP contribution in [0.1, 0.15) is 43.7 Å². The smallest absolute Gasteiger partial charge is 0.295 e. The number of hydrogen-bond donors (Lipinski definition) is 0. The number of halogens is 2. The van der Waals surface area contributed by atoms with Crippen molar-refractivity contribution in [1.29, 1.82) is 0 Å². The van der Waals surface area contributed by atoms with Gasteiger partial charge in [0.2, 0.25) is 0 Å². The molecule has 1 fully saturated rings. The van der Waals surface area contributed by atoms with Gasteiger partial charge in [-0.15, -0.1) is 8.78 Å². The van der Waals surface area contributed by atoms with Gasteiger partial charge in [-0.25, -0.2) is 0 Å². The van der Waals surface area contributed by atoms with Crippen molar-refractivity contribution in [2.45, 2.75) is 51.7 Å². The molecule has 1 aliphatic heterocycles. The van der Waals surface area contributed by atoms with E-state index in [-0.39, 0.29) is 19.1 Å². The van der Waals surface area contributed by atoms with E-state index >= 15 is 0 Å². The summed E-state index contributed by atoms with van der Waals surface area (Å²) in [4.78, 5) is 0. The maximum absolute atomic E-state index is 12.7. The first-order valence-electron chi connectivity index (χ1n) is 7.82. The summed E-state index contributed by atoms with van der Waals surface area (Å²) in [6.07, 6.45) is 3.17. The monoisotopic (exact) mass is 298 g/mol. The van der Waals surface area contributed by atoms with Gasteiger partial charge in [-0.3, -0.25) is 9.47 Å². The molecule has 21 heavy (non-hydrogen) atoms. The highest BCUT2D eigenvalue weighted by atomic mass is 19.3.